The highest BCUT2D eigenvalue weighted by molar-refractivity contribution is 5.97. The first kappa shape index (κ1) is 16.3. The average Bonchev–Trinajstić information content (AvgIpc) is 2.56. The number of nitrogens with zero attached hydrogens (tertiary/aromatic N) is 2. The molecule has 1 aliphatic heterocycles. The van der Waals surface area contributed by atoms with Crippen molar-refractivity contribution < 1.29 is 14.3 Å². The number of ether oxygens (including phenoxy) is 2. The first-order chi connectivity index (χ1) is 10.7. The van der Waals surface area contributed by atoms with Gasteiger partial charge in [0, 0.05) is 20.2 Å². The summed E-state index contributed by atoms with van der Waals surface area (Å²) in [6.45, 7) is 1.79. The topological polar surface area (TPSA) is 74.6 Å². The number of hydrogen-bond donors (Lipinski definition) is 1. The van der Waals surface area contributed by atoms with E-state index in [4.69, 9.17) is 14.7 Å². The molecule has 1 heterocycles. The smallest absolute Gasteiger partial charge is 0.255 e. The van der Waals surface area contributed by atoms with Crippen molar-refractivity contribution in [3.8, 4) is 11.8 Å². The number of nitriles is 1. The fourth-order valence-corrected chi connectivity index (χ4v) is 2.71. The summed E-state index contributed by atoms with van der Waals surface area (Å²) in [5, 5.41) is 11.8. The lowest BCUT2D eigenvalue weighted by atomic mass is 10.0. The number of carbonyl (C=O) groups excluding carboxylic acids is 1. The van der Waals surface area contributed by atoms with Crippen LogP contribution in [0.4, 0.5) is 0 Å². The Bertz CT molecular complexity index is 556. The number of nitrogens with one attached hydrogen (secondary N) is 1. The van der Waals surface area contributed by atoms with E-state index in [9.17, 15) is 4.79 Å². The molecule has 1 amide bonds. The molecular formula is C16H21N3O3. The number of rotatable bonds is 5. The maximum absolute atomic E-state index is 12.4. The van der Waals surface area contributed by atoms with Crippen LogP contribution in [0.5, 0.6) is 5.75 Å². The van der Waals surface area contributed by atoms with Crippen molar-refractivity contribution in [2.75, 3.05) is 33.9 Å². The van der Waals surface area contributed by atoms with Gasteiger partial charge in [-0.15, -0.1) is 0 Å². The summed E-state index contributed by atoms with van der Waals surface area (Å²) in [5.74, 6) is 0.383. The quantitative estimate of drug-likeness (QED) is 0.823. The monoisotopic (exact) mass is 303 g/mol. The number of benzene rings is 1. The van der Waals surface area contributed by atoms with Crippen LogP contribution in [-0.4, -0.2) is 56.8 Å². The Labute approximate surface area is 130 Å². The molecule has 1 saturated heterocycles. The Morgan fingerprint density at radius 3 is 2.91 bits per heavy atom. The van der Waals surface area contributed by atoms with Crippen LogP contribution in [0.15, 0.2) is 24.3 Å². The van der Waals surface area contributed by atoms with Gasteiger partial charge in [0.05, 0.1) is 37.4 Å². The molecule has 6 heteroatoms. The van der Waals surface area contributed by atoms with Gasteiger partial charge in [0.1, 0.15) is 5.75 Å². The van der Waals surface area contributed by atoms with Crippen molar-refractivity contribution in [1.82, 2.24) is 10.2 Å². The van der Waals surface area contributed by atoms with E-state index in [-0.39, 0.29) is 18.1 Å². The van der Waals surface area contributed by atoms with Crippen molar-refractivity contribution in [3.05, 3.63) is 29.8 Å². The van der Waals surface area contributed by atoms with Crippen molar-refractivity contribution in [3.63, 3.8) is 0 Å². The first-order valence-corrected chi connectivity index (χ1v) is 7.25. The van der Waals surface area contributed by atoms with Gasteiger partial charge in [-0.1, -0.05) is 12.1 Å². The Hall–Kier alpha value is -2.10. The highest BCUT2D eigenvalue weighted by atomic mass is 16.5. The molecule has 1 aromatic carbocycles. The van der Waals surface area contributed by atoms with Gasteiger partial charge in [-0.3, -0.25) is 9.69 Å². The van der Waals surface area contributed by atoms with Crippen molar-refractivity contribution in [2.24, 2.45) is 0 Å². The van der Waals surface area contributed by atoms with Gasteiger partial charge in [-0.25, -0.2) is 0 Å². The van der Waals surface area contributed by atoms with E-state index in [0.717, 1.165) is 13.0 Å². The third-order valence-corrected chi connectivity index (χ3v) is 3.91. The highest BCUT2D eigenvalue weighted by Gasteiger charge is 2.30. The highest BCUT2D eigenvalue weighted by Crippen LogP contribution is 2.19. The molecule has 1 fully saturated rings. The molecular weight excluding hydrogens is 282 g/mol. The summed E-state index contributed by atoms with van der Waals surface area (Å²) in [7, 11) is 3.17. The van der Waals surface area contributed by atoms with Crippen LogP contribution in [0.25, 0.3) is 0 Å². The molecule has 0 saturated carbocycles. The molecule has 1 aliphatic rings. The van der Waals surface area contributed by atoms with Crippen LogP contribution < -0.4 is 10.1 Å². The molecule has 0 bridgehead atoms. The number of methoxy groups -OCH3 is 2. The van der Waals surface area contributed by atoms with Gasteiger partial charge in [-0.2, -0.15) is 5.26 Å². The molecule has 2 atom stereocenters. The predicted molar refractivity (Wildman–Crippen MR) is 81.7 cm³/mol. The second-order valence-corrected chi connectivity index (χ2v) is 5.24. The fourth-order valence-electron chi connectivity index (χ4n) is 2.71. The normalized spacial score (nSPS) is 21.9. The maximum atomic E-state index is 12.4. The Morgan fingerprint density at radius 2 is 2.23 bits per heavy atom. The van der Waals surface area contributed by atoms with Crippen LogP contribution in [0.3, 0.4) is 0 Å². The Morgan fingerprint density at radius 1 is 1.45 bits per heavy atom. The third kappa shape index (κ3) is 3.75. The zero-order chi connectivity index (χ0) is 15.9. The lowest BCUT2D eigenvalue weighted by Crippen LogP contribution is -2.54. The Kier molecular flexibility index (Phi) is 5.75. The van der Waals surface area contributed by atoms with Crippen LogP contribution in [0.1, 0.15) is 16.8 Å². The van der Waals surface area contributed by atoms with Gasteiger partial charge in [0.25, 0.3) is 5.91 Å². The minimum Gasteiger partial charge on any atom is -0.496 e. The number of hydrogen-bond acceptors (Lipinski definition) is 5. The lowest BCUT2D eigenvalue weighted by molar-refractivity contribution is 0.0103. The minimum absolute atomic E-state index is 0.0719. The average molecular weight is 303 g/mol. The van der Waals surface area contributed by atoms with Gasteiger partial charge in [0.15, 0.2) is 0 Å². The van der Waals surface area contributed by atoms with Crippen LogP contribution in [0.2, 0.25) is 0 Å². The summed E-state index contributed by atoms with van der Waals surface area (Å²) in [6, 6.07) is 9.21. The van der Waals surface area contributed by atoms with Crippen molar-refractivity contribution in [2.45, 2.75) is 18.6 Å². The Balaban J connectivity index is 2.03. The second-order valence-electron chi connectivity index (χ2n) is 5.24. The summed E-state index contributed by atoms with van der Waals surface area (Å²) in [6.07, 6.45) is 0.627. The van der Waals surface area contributed by atoms with Crippen LogP contribution in [0, 0.1) is 11.3 Å². The van der Waals surface area contributed by atoms with Gasteiger partial charge in [-0.05, 0) is 18.6 Å². The molecule has 0 aromatic heterocycles. The van der Waals surface area contributed by atoms with E-state index in [1.165, 1.54) is 0 Å². The van der Waals surface area contributed by atoms with Crippen molar-refractivity contribution >= 4 is 5.91 Å². The number of carbonyl (C=O) groups is 1. The van der Waals surface area contributed by atoms with E-state index >= 15 is 0 Å². The molecule has 118 valence electrons. The van der Waals surface area contributed by atoms with Crippen LogP contribution in [-0.2, 0) is 4.74 Å². The molecule has 2 rings (SSSR count). The molecule has 2 unspecified atom stereocenters. The largest absolute Gasteiger partial charge is 0.496 e. The van der Waals surface area contributed by atoms with E-state index in [1.54, 1.807) is 32.4 Å². The number of likely N-dealkylation sites (tertiary alicyclic amines) is 1. The molecule has 1 aromatic rings. The van der Waals surface area contributed by atoms with E-state index in [2.05, 4.69) is 11.4 Å². The SMILES string of the molecule is COc1ccccc1C(=O)NC1CCN(CC#N)CC1OC. The third-order valence-electron chi connectivity index (χ3n) is 3.91. The zero-order valence-corrected chi connectivity index (χ0v) is 12.9. The van der Waals surface area contributed by atoms with Gasteiger partial charge < -0.3 is 14.8 Å². The molecule has 22 heavy (non-hydrogen) atoms. The van der Waals surface area contributed by atoms with E-state index < -0.39 is 0 Å². The summed E-state index contributed by atoms with van der Waals surface area (Å²) in [4.78, 5) is 14.5. The van der Waals surface area contributed by atoms with E-state index in [0.29, 0.717) is 24.4 Å². The number of para-hydroxylation sites is 1. The molecule has 0 aliphatic carbocycles. The summed E-state index contributed by atoms with van der Waals surface area (Å²) < 4.78 is 10.7. The van der Waals surface area contributed by atoms with Crippen LogP contribution >= 0.6 is 0 Å². The van der Waals surface area contributed by atoms with Gasteiger partial charge >= 0.3 is 0 Å². The number of piperidine rings is 1. The standard InChI is InChI=1S/C16H21N3O3/c1-21-14-6-4-3-5-12(14)16(20)18-13-7-9-19(10-8-17)11-15(13)22-2/h3-6,13,15H,7,9-11H2,1-2H3,(H,18,20). The van der Waals surface area contributed by atoms with E-state index in [1.807, 2.05) is 11.0 Å². The molecule has 0 spiro atoms. The zero-order valence-electron chi connectivity index (χ0n) is 12.9. The molecule has 6 nitrogen and oxygen atoms in total. The minimum atomic E-state index is -0.168. The molecule has 0 radical (unpaired) electrons. The fraction of sp³-hybridized carbons (Fsp3) is 0.500. The van der Waals surface area contributed by atoms with Gasteiger partial charge in [0.2, 0.25) is 0 Å². The first-order valence-electron chi connectivity index (χ1n) is 7.25. The predicted octanol–water partition coefficient (Wildman–Crippen LogP) is 1.04. The number of amides is 1. The summed E-state index contributed by atoms with van der Waals surface area (Å²) in [5.41, 5.74) is 0.513. The summed E-state index contributed by atoms with van der Waals surface area (Å²) >= 11 is 0. The second kappa shape index (κ2) is 7.78. The molecule has 1 N–H and O–H groups in total. The van der Waals surface area contributed by atoms with Crippen molar-refractivity contribution in [1.29, 1.82) is 5.26 Å². The lowest BCUT2D eigenvalue weighted by Gasteiger charge is -2.37. The maximum Gasteiger partial charge on any atom is 0.255 e.